The first-order valence-corrected chi connectivity index (χ1v) is 18.6. The first-order valence-electron chi connectivity index (χ1n) is 16.8. The summed E-state index contributed by atoms with van der Waals surface area (Å²) in [7, 11) is 0. The van der Waals surface area contributed by atoms with Crippen LogP contribution in [-0.4, -0.2) is 37.8 Å². The highest BCUT2D eigenvalue weighted by molar-refractivity contribution is 8.01. The van der Waals surface area contributed by atoms with Crippen LogP contribution >= 0.6 is 23.1 Å². The van der Waals surface area contributed by atoms with Crippen LogP contribution in [0, 0.1) is 0 Å². The molecule has 10 heteroatoms. The van der Waals surface area contributed by atoms with Crippen LogP contribution in [0.3, 0.4) is 0 Å². The number of hydrogen-bond acceptors (Lipinski definition) is 9. The smallest absolute Gasteiger partial charge is 0.271 e. The number of hydrogen-bond donors (Lipinski definition) is 2. The average Bonchev–Trinajstić information content (AvgIpc) is 3.62. The van der Waals surface area contributed by atoms with Crippen molar-refractivity contribution in [3.05, 3.63) is 155 Å². The lowest BCUT2D eigenvalue weighted by Gasteiger charge is -2.36. The maximum absolute atomic E-state index is 12.9. The molecule has 0 unspecified atom stereocenters. The van der Waals surface area contributed by atoms with Crippen LogP contribution in [0.1, 0.15) is 51.6 Å². The number of nitrogens with one attached hydrogen (secondary N) is 1. The number of carbonyl (C=O) groups excluding carboxylic acids is 1. The number of carbonyl (C=O) groups is 1. The molecule has 1 aliphatic heterocycles. The summed E-state index contributed by atoms with van der Waals surface area (Å²) in [5.41, 5.74) is 8.66. The van der Waals surface area contributed by atoms with Crippen molar-refractivity contribution in [2.75, 3.05) is 5.75 Å². The summed E-state index contributed by atoms with van der Waals surface area (Å²) in [6.45, 7) is 0.365. The van der Waals surface area contributed by atoms with Gasteiger partial charge < -0.3 is 19.9 Å². The van der Waals surface area contributed by atoms with Crippen molar-refractivity contribution in [3.8, 4) is 11.1 Å². The Morgan fingerprint density at radius 2 is 1.55 bits per heavy atom. The zero-order chi connectivity index (χ0) is 34.6. The first kappa shape index (κ1) is 33.2. The fourth-order valence-corrected chi connectivity index (χ4v) is 8.25. The lowest BCUT2D eigenvalue weighted by Crippen LogP contribution is -2.31. The van der Waals surface area contributed by atoms with Gasteiger partial charge in [-0.1, -0.05) is 103 Å². The predicted molar refractivity (Wildman–Crippen MR) is 201 cm³/mol. The van der Waals surface area contributed by atoms with Gasteiger partial charge in [0.1, 0.15) is 5.69 Å². The summed E-state index contributed by atoms with van der Waals surface area (Å²) in [6.07, 6.45) is 1.45. The molecule has 0 bridgehead atoms. The molecule has 1 amide bonds. The molecule has 3 atom stereocenters. The fourth-order valence-electron chi connectivity index (χ4n) is 6.13. The van der Waals surface area contributed by atoms with Crippen LogP contribution in [0.5, 0.6) is 0 Å². The van der Waals surface area contributed by atoms with Crippen LogP contribution in [0.4, 0.5) is 0 Å². The number of nitrogens with zero attached hydrogens (tertiary/aromatic N) is 3. The Morgan fingerprint density at radius 3 is 2.35 bits per heavy atom. The van der Waals surface area contributed by atoms with E-state index >= 15 is 0 Å². The van der Waals surface area contributed by atoms with E-state index in [0.717, 1.165) is 54.5 Å². The summed E-state index contributed by atoms with van der Waals surface area (Å²) >= 11 is 3.42. The molecule has 8 rings (SSSR count). The third kappa shape index (κ3) is 7.70. The molecule has 1 fully saturated rings. The van der Waals surface area contributed by atoms with Gasteiger partial charge in [-0.15, -0.1) is 11.3 Å². The zero-order valence-corrected chi connectivity index (χ0v) is 29.1. The molecule has 1 aliphatic rings. The number of benzene rings is 5. The maximum atomic E-state index is 12.9. The SMILES string of the molecule is O=C(NCc1cccc(-c2ccc([C@@H]3O[C@H](CSc4nc5ccccc5s4)C[C@H](c4ccc(CO)cc4)O3)cc2)c1)c1cnc2ccccc2n1. The molecule has 2 N–H and O–H groups in total. The van der Waals surface area contributed by atoms with Crippen molar-refractivity contribution in [3.63, 3.8) is 0 Å². The van der Waals surface area contributed by atoms with Gasteiger partial charge >= 0.3 is 0 Å². The van der Waals surface area contributed by atoms with Crippen LogP contribution in [-0.2, 0) is 22.6 Å². The van der Waals surface area contributed by atoms with Crippen LogP contribution in [0.15, 0.2) is 132 Å². The van der Waals surface area contributed by atoms with Gasteiger partial charge in [-0.25, -0.2) is 9.97 Å². The molecule has 3 heterocycles. The Bertz CT molecular complexity index is 2260. The largest absolute Gasteiger partial charge is 0.392 e. The van der Waals surface area contributed by atoms with E-state index in [0.29, 0.717) is 18.5 Å². The summed E-state index contributed by atoms with van der Waals surface area (Å²) in [5, 5.41) is 12.5. The van der Waals surface area contributed by atoms with Crippen molar-refractivity contribution in [2.24, 2.45) is 0 Å². The second-order valence-electron chi connectivity index (χ2n) is 12.4. The zero-order valence-electron chi connectivity index (χ0n) is 27.5. The molecule has 0 spiro atoms. The Kier molecular flexibility index (Phi) is 9.83. The van der Waals surface area contributed by atoms with Gasteiger partial charge in [0.15, 0.2) is 10.6 Å². The minimum atomic E-state index is -0.545. The van der Waals surface area contributed by atoms with Gasteiger partial charge in [-0.05, 0) is 58.1 Å². The predicted octanol–water partition coefficient (Wildman–Crippen LogP) is 8.67. The normalized spacial score (nSPS) is 17.5. The highest BCUT2D eigenvalue weighted by Gasteiger charge is 2.32. The lowest BCUT2D eigenvalue weighted by molar-refractivity contribution is -0.245. The fraction of sp³-hybridized carbons (Fsp3) is 0.171. The quantitative estimate of drug-likeness (QED) is 0.136. The first-order chi connectivity index (χ1) is 25.1. The standard InChI is InChI=1S/C41H34N4O4S2/c46-24-26-12-14-29(15-13-26)37-21-32(25-50-41-45-35-10-3-4-11-38(35)51-41)48-40(49-37)30-18-16-28(17-19-30)31-7-5-6-27(20-31)22-43-39(47)36-23-42-33-8-1-2-9-34(33)44-36/h1-20,23,32,37,40,46H,21-22,24-25H2,(H,43,47)/t32-,37+,40+/m0/s1. The van der Waals surface area contributed by atoms with Crippen LogP contribution < -0.4 is 5.32 Å². The van der Waals surface area contributed by atoms with Gasteiger partial charge in [-0.2, -0.15) is 0 Å². The minimum Gasteiger partial charge on any atom is -0.392 e. The third-order valence-electron chi connectivity index (χ3n) is 8.86. The van der Waals surface area contributed by atoms with Crippen molar-refractivity contribution >= 4 is 50.3 Å². The molecular formula is C41H34N4O4S2. The molecule has 0 radical (unpaired) electrons. The summed E-state index contributed by atoms with van der Waals surface area (Å²) in [4.78, 5) is 26.5. The molecule has 5 aromatic carbocycles. The Balaban J connectivity index is 0.957. The highest BCUT2D eigenvalue weighted by Crippen LogP contribution is 2.40. The topological polar surface area (TPSA) is 106 Å². The number of thiazole rings is 1. The van der Waals surface area contributed by atoms with Gasteiger partial charge in [0.25, 0.3) is 5.91 Å². The molecule has 51 heavy (non-hydrogen) atoms. The summed E-state index contributed by atoms with van der Waals surface area (Å²) in [6, 6.07) is 40.0. The van der Waals surface area contributed by atoms with E-state index < -0.39 is 6.29 Å². The van der Waals surface area contributed by atoms with Crippen molar-refractivity contribution in [1.29, 1.82) is 0 Å². The number of ether oxygens (including phenoxy) is 2. The molecule has 0 aliphatic carbocycles. The van der Waals surface area contributed by atoms with Crippen molar-refractivity contribution < 1.29 is 19.4 Å². The summed E-state index contributed by atoms with van der Waals surface area (Å²) in [5.74, 6) is 0.481. The van der Waals surface area contributed by atoms with Crippen LogP contribution in [0.2, 0.25) is 0 Å². The third-order valence-corrected chi connectivity index (χ3v) is 11.2. The molecule has 7 aromatic rings. The number of fused-ring (bicyclic) bond motifs is 2. The number of para-hydroxylation sites is 3. The van der Waals surface area contributed by atoms with Crippen molar-refractivity contribution in [2.45, 2.75) is 42.4 Å². The maximum Gasteiger partial charge on any atom is 0.271 e. The molecule has 0 saturated carbocycles. The number of aromatic nitrogens is 3. The Hall–Kier alpha value is -4.97. The number of thioether (sulfide) groups is 1. The van der Waals surface area contributed by atoms with E-state index in [9.17, 15) is 9.90 Å². The number of amides is 1. The monoisotopic (exact) mass is 710 g/mol. The van der Waals surface area contributed by atoms with E-state index in [1.165, 1.54) is 10.9 Å². The Morgan fingerprint density at radius 1 is 0.784 bits per heavy atom. The molecule has 1 saturated heterocycles. The number of aliphatic hydroxyl groups is 1. The second-order valence-corrected chi connectivity index (χ2v) is 14.7. The number of rotatable bonds is 10. The lowest BCUT2D eigenvalue weighted by atomic mass is 9.99. The average molecular weight is 711 g/mol. The van der Waals surface area contributed by atoms with Gasteiger partial charge in [0.2, 0.25) is 0 Å². The summed E-state index contributed by atoms with van der Waals surface area (Å²) < 4.78 is 15.4. The molecule has 254 valence electrons. The molecular weight excluding hydrogens is 677 g/mol. The van der Waals surface area contributed by atoms with E-state index in [2.05, 4.69) is 57.7 Å². The van der Waals surface area contributed by atoms with E-state index in [1.54, 1.807) is 23.1 Å². The highest BCUT2D eigenvalue weighted by atomic mass is 32.2. The molecule has 8 nitrogen and oxygen atoms in total. The second kappa shape index (κ2) is 15.1. The van der Waals surface area contributed by atoms with E-state index in [-0.39, 0.29) is 30.4 Å². The van der Waals surface area contributed by atoms with Crippen LogP contribution in [0.25, 0.3) is 32.4 Å². The van der Waals surface area contributed by atoms with Gasteiger partial charge in [-0.3, -0.25) is 9.78 Å². The minimum absolute atomic E-state index is 0.00335. The Labute approximate surface area is 303 Å². The van der Waals surface area contributed by atoms with Crippen molar-refractivity contribution in [1.82, 2.24) is 20.3 Å². The number of aliphatic hydroxyl groups excluding tert-OH is 1. The molecule has 2 aromatic heterocycles. The van der Waals surface area contributed by atoms with Gasteiger partial charge in [0.05, 0.1) is 46.3 Å². The van der Waals surface area contributed by atoms with E-state index in [1.807, 2.05) is 78.9 Å². The van der Waals surface area contributed by atoms with E-state index in [4.69, 9.17) is 14.5 Å². The van der Waals surface area contributed by atoms with Gasteiger partial charge in [0, 0.05) is 24.3 Å².